The molecule has 0 fully saturated rings. The van der Waals surface area contributed by atoms with Crippen LogP contribution >= 0.6 is 0 Å². The zero-order chi connectivity index (χ0) is 73.1. The maximum atomic E-state index is 15.6. The summed E-state index contributed by atoms with van der Waals surface area (Å²) in [7, 11) is 0. The Morgan fingerprint density at radius 2 is 0.427 bits per heavy atom. The Balaban J connectivity index is 0.000000140. The predicted octanol–water partition coefficient (Wildman–Crippen LogP) is 30.6. The first-order chi connectivity index (χ1) is 54.5. The molecule has 0 unspecified atom stereocenters. The van der Waals surface area contributed by atoms with Crippen molar-refractivity contribution in [2.45, 2.75) is 0 Å². The van der Waals surface area contributed by atoms with Crippen molar-refractivity contribution in [2.75, 3.05) is 0 Å². The molecule has 22 rings (SSSR count). The molecule has 0 bridgehead atoms. The zero-order valence-electron chi connectivity index (χ0n) is 59.2. The lowest BCUT2D eigenvalue weighted by molar-refractivity contribution is 0.590. The second-order valence-electron chi connectivity index (χ2n) is 28.2. The molecule has 0 aliphatic rings. The van der Waals surface area contributed by atoms with Gasteiger partial charge in [-0.2, -0.15) is 0 Å². The normalized spacial score (nSPS) is 11.7. The second kappa shape index (κ2) is 25.9. The van der Waals surface area contributed by atoms with Gasteiger partial charge in [0.1, 0.15) is 34.0 Å². The number of hydrogen-bond donors (Lipinski definition) is 0. The molecular formula is C105H61F2NO2. The molecule has 0 amide bonds. The molecule has 0 radical (unpaired) electrons. The van der Waals surface area contributed by atoms with E-state index in [-0.39, 0.29) is 5.56 Å². The lowest BCUT2D eigenvalue weighted by atomic mass is 9.84. The van der Waals surface area contributed by atoms with Crippen molar-refractivity contribution in [3.05, 3.63) is 393 Å². The van der Waals surface area contributed by atoms with Crippen molar-refractivity contribution in [1.29, 1.82) is 0 Å². The summed E-state index contributed by atoms with van der Waals surface area (Å²) in [5.74, 6) is -1.18. The maximum absolute atomic E-state index is 15.6. The average Bonchev–Trinajstić information content (AvgIpc) is 1.67. The summed E-state index contributed by atoms with van der Waals surface area (Å²) in [6.07, 6.45) is 0. The number of nitrogens with zero attached hydrogens (tertiary/aromatic N) is 1. The molecule has 5 heteroatoms. The summed E-state index contributed by atoms with van der Waals surface area (Å²) in [5, 5.41) is 21.6. The van der Waals surface area contributed by atoms with Crippen LogP contribution in [0.5, 0.6) is 0 Å². The van der Waals surface area contributed by atoms with Crippen molar-refractivity contribution in [1.82, 2.24) is 0 Å². The molecule has 0 saturated carbocycles. The molecule has 22 aromatic rings. The lowest BCUT2D eigenvalue weighted by Gasteiger charge is -2.19. The molecule has 110 heavy (non-hydrogen) atoms. The summed E-state index contributed by atoms with van der Waals surface area (Å²) < 4.78 is 45.2. The van der Waals surface area contributed by atoms with E-state index in [2.05, 4.69) is 290 Å². The molecule has 512 valence electrons. The second-order valence-corrected chi connectivity index (χ2v) is 28.2. The van der Waals surface area contributed by atoms with Gasteiger partial charge < -0.3 is 8.83 Å². The fourth-order valence-electron chi connectivity index (χ4n) is 18.1. The molecule has 0 aliphatic carbocycles. The van der Waals surface area contributed by atoms with Crippen molar-refractivity contribution in [3.63, 3.8) is 0 Å². The molecule has 2 aromatic heterocycles. The summed E-state index contributed by atoms with van der Waals surface area (Å²) in [4.78, 5) is 3.94. The first-order valence-electron chi connectivity index (χ1n) is 37.1. The third-order valence-corrected chi connectivity index (χ3v) is 22.5. The van der Waals surface area contributed by atoms with Gasteiger partial charge >= 0.3 is 0 Å². The molecule has 0 aliphatic heterocycles. The van der Waals surface area contributed by atoms with Gasteiger partial charge in [0.25, 0.3) is 0 Å². The highest BCUT2D eigenvalue weighted by molar-refractivity contribution is 6.31. The minimum atomic E-state index is -0.588. The van der Waals surface area contributed by atoms with Gasteiger partial charge in [0.2, 0.25) is 0 Å². The smallest absolute Gasteiger partial charge is 0.194 e. The van der Waals surface area contributed by atoms with E-state index in [0.29, 0.717) is 11.3 Å². The van der Waals surface area contributed by atoms with Crippen molar-refractivity contribution in [2.24, 2.45) is 0 Å². The van der Waals surface area contributed by atoms with E-state index in [4.69, 9.17) is 15.4 Å². The Bertz CT molecular complexity index is 7380. The highest BCUT2D eigenvalue weighted by atomic mass is 19.1. The Morgan fingerprint density at radius 1 is 0.191 bits per heavy atom. The molecule has 3 nitrogen and oxygen atoms in total. The fraction of sp³-hybridized carbons (Fsp3) is 0. The number of hydrogen-bond acceptors (Lipinski definition) is 2. The van der Waals surface area contributed by atoms with Crippen molar-refractivity contribution >= 4 is 136 Å². The Hall–Kier alpha value is -14.6. The van der Waals surface area contributed by atoms with Gasteiger partial charge in [-0.15, -0.1) is 0 Å². The van der Waals surface area contributed by atoms with Crippen LogP contribution in [-0.4, -0.2) is 0 Å². The highest BCUT2D eigenvalue weighted by Gasteiger charge is 2.28. The van der Waals surface area contributed by atoms with Crippen LogP contribution in [0.1, 0.15) is 0 Å². The van der Waals surface area contributed by atoms with Gasteiger partial charge in [0, 0.05) is 49.4 Å². The van der Waals surface area contributed by atoms with Gasteiger partial charge in [0.05, 0.1) is 12.1 Å². The zero-order valence-corrected chi connectivity index (χ0v) is 59.2. The SMILES string of the molecule is Fc1cccc(F)c1-c1c2ccccc2c(-c2cccc3oc4c(-c5c6ccccc6c(-c6ccccc6)c6ccccc56)cccc4c23)c2ccccc12.[C-]#[N+]c1ccccc1-c1c2ccccc2c(-c2cccc3oc4c(-c5c6ccccc6c(-c6ccccc6)c6ccccc56)cccc4c23)c2ccccc12. The van der Waals surface area contributed by atoms with Crippen LogP contribution in [0.2, 0.25) is 0 Å². The van der Waals surface area contributed by atoms with Gasteiger partial charge in [0.15, 0.2) is 5.69 Å². The topological polar surface area (TPSA) is 30.6 Å². The maximum Gasteiger partial charge on any atom is 0.194 e. The minimum absolute atomic E-state index is 0.0178. The molecule has 20 aromatic carbocycles. The van der Waals surface area contributed by atoms with Gasteiger partial charge in [-0.1, -0.05) is 346 Å². The average molecular weight is 1410 g/mol. The van der Waals surface area contributed by atoms with Crippen LogP contribution < -0.4 is 0 Å². The molecule has 0 saturated heterocycles. The van der Waals surface area contributed by atoms with Crippen molar-refractivity contribution < 1.29 is 17.6 Å². The number of benzene rings is 20. The standard InChI is InChI=1S/C53H31NO.C52H30F2O/c1-54-46-31-14-13-27-42(46)49-38-23-9-11-25-40(38)50(41-26-12-10-24-39(41)49)43-28-16-32-47-52(43)45-30-15-29-44(53(45)55-47)51-36-21-7-5-19-34(36)48(33-17-3-2-4-18-33)35-20-6-8-22-37(35)51;53-43-28-14-29-44(54)51(43)50-38-23-10-8-21-36(38)47(37-22-9-11-24-39(37)50)40-25-13-30-45-49(40)42-27-12-26-41(52(42)55-45)48-34-19-6-4-17-32(34)46(31-15-2-1-3-16-31)33-18-5-7-20-35(33)48/h2-32H;1-30H. The molecule has 2 heterocycles. The molecule has 0 spiro atoms. The molecular weight excluding hydrogens is 1350 g/mol. The quantitative estimate of drug-likeness (QED) is 0.112. The lowest BCUT2D eigenvalue weighted by Crippen LogP contribution is -1.95. The summed E-state index contributed by atoms with van der Waals surface area (Å²) in [6.45, 7) is 8.01. The van der Waals surface area contributed by atoms with Crippen LogP contribution in [0, 0.1) is 18.2 Å². The predicted molar refractivity (Wildman–Crippen MR) is 457 cm³/mol. The van der Waals surface area contributed by atoms with E-state index < -0.39 is 11.6 Å². The van der Waals surface area contributed by atoms with Crippen LogP contribution in [0.25, 0.3) is 224 Å². The molecule has 0 atom stereocenters. The third kappa shape index (κ3) is 9.87. The fourth-order valence-corrected chi connectivity index (χ4v) is 18.1. The summed E-state index contributed by atoms with van der Waals surface area (Å²) in [6, 6.07) is 127. The number of fused-ring (bicyclic) bond motifs is 14. The first-order valence-corrected chi connectivity index (χ1v) is 37.1. The number of halogens is 2. The Kier molecular flexibility index (Phi) is 15.0. The van der Waals surface area contributed by atoms with Gasteiger partial charge in [-0.25, -0.2) is 13.6 Å². The van der Waals surface area contributed by atoms with E-state index >= 15 is 8.78 Å². The largest absolute Gasteiger partial charge is 0.455 e. The number of rotatable bonds is 8. The van der Waals surface area contributed by atoms with Crippen LogP contribution in [0.15, 0.2) is 379 Å². The Morgan fingerprint density at radius 3 is 0.764 bits per heavy atom. The van der Waals surface area contributed by atoms with E-state index in [1.165, 1.54) is 78.3 Å². The van der Waals surface area contributed by atoms with Gasteiger partial charge in [-0.3, -0.25) is 0 Å². The minimum Gasteiger partial charge on any atom is -0.455 e. The Labute approximate surface area is 631 Å². The van der Waals surface area contributed by atoms with E-state index in [0.717, 1.165) is 148 Å². The van der Waals surface area contributed by atoms with Crippen molar-refractivity contribution in [3.8, 4) is 89.0 Å². The van der Waals surface area contributed by atoms with Crippen LogP contribution in [0.4, 0.5) is 14.5 Å². The number of para-hydroxylation sites is 3. The summed E-state index contributed by atoms with van der Waals surface area (Å²) >= 11 is 0. The third-order valence-electron chi connectivity index (χ3n) is 22.5. The van der Waals surface area contributed by atoms with Crippen LogP contribution in [0.3, 0.4) is 0 Å². The summed E-state index contributed by atoms with van der Waals surface area (Å²) in [5.41, 5.74) is 20.1. The monoisotopic (exact) mass is 1410 g/mol. The van der Waals surface area contributed by atoms with Crippen LogP contribution in [-0.2, 0) is 0 Å². The highest BCUT2D eigenvalue weighted by Crippen LogP contribution is 2.54. The van der Waals surface area contributed by atoms with Gasteiger partial charge in [-0.05, 0) is 166 Å². The number of furan rings is 2. The molecule has 0 N–H and O–H groups in total. The first kappa shape index (κ1) is 63.9. The van der Waals surface area contributed by atoms with E-state index in [1.54, 1.807) is 0 Å². The van der Waals surface area contributed by atoms with E-state index in [1.807, 2.05) is 66.7 Å². The van der Waals surface area contributed by atoms with E-state index in [9.17, 15) is 0 Å².